The van der Waals surface area contributed by atoms with E-state index in [9.17, 15) is 9.18 Å². The Morgan fingerprint density at radius 3 is 2.48 bits per heavy atom. The van der Waals surface area contributed by atoms with Crippen molar-refractivity contribution in [3.63, 3.8) is 0 Å². The fraction of sp³-hybridized carbons (Fsp3) is 0.0645. The Bertz CT molecular complexity index is 1710. The fourth-order valence-electron chi connectivity index (χ4n) is 3.83. The SMILES string of the molecule is COc1cc(/C=N\NC(=O)c2ccc(-c3csc(Nc4ccc(Cl)cc4)n3)cc2)cc(Cl)c1OCc1ccc(F)cc1. The molecule has 212 valence electrons. The van der Waals surface area contributed by atoms with Gasteiger partial charge >= 0.3 is 0 Å². The van der Waals surface area contributed by atoms with Crippen LogP contribution in [0.4, 0.5) is 15.2 Å². The number of anilines is 2. The zero-order valence-corrected chi connectivity index (χ0v) is 24.4. The zero-order valence-electron chi connectivity index (χ0n) is 22.1. The van der Waals surface area contributed by atoms with Crippen LogP contribution in [-0.2, 0) is 6.61 Å². The van der Waals surface area contributed by atoms with Crippen molar-refractivity contribution in [2.75, 3.05) is 12.4 Å². The van der Waals surface area contributed by atoms with Gasteiger partial charge in [-0.3, -0.25) is 4.79 Å². The summed E-state index contributed by atoms with van der Waals surface area (Å²) in [7, 11) is 1.49. The maximum Gasteiger partial charge on any atom is 0.271 e. The molecule has 1 amide bonds. The van der Waals surface area contributed by atoms with Crippen LogP contribution in [0.1, 0.15) is 21.5 Å². The van der Waals surface area contributed by atoms with E-state index in [1.54, 1.807) is 36.4 Å². The Labute approximate surface area is 255 Å². The summed E-state index contributed by atoms with van der Waals surface area (Å²) in [5, 5.41) is 11.0. The lowest BCUT2D eigenvalue weighted by atomic mass is 10.1. The van der Waals surface area contributed by atoms with Gasteiger partial charge in [0.2, 0.25) is 0 Å². The van der Waals surface area contributed by atoms with Crippen molar-refractivity contribution in [3.05, 3.63) is 123 Å². The smallest absolute Gasteiger partial charge is 0.271 e. The fourth-order valence-corrected chi connectivity index (χ4v) is 4.97. The highest BCUT2D eigenvalue weighted by Crippen LogP contribution is 2.36. The van der Waals surface area contributed by atoms with E-state index < -0.39 is 0 Å². The highest BCUT2D eigenvalue weighted by Gasteiger charge is 2.13. The summed E-state index contributed by atoms with van der Waals surface area (Å²) in [6, 6.07) is 23.7. The summed E-state index contributed by atoms with van der Waals surface area (Å²) >= 11 is 13.8. The number of aromatic nitrogens is 1. The van der Waals surface area contributed by atoms with Crippen molar-refractivity contribution < 1.29 is 18.7 Å². The van der Waals surface area contributed by atoms with Crippen LogP contribution in [0.25, 0.3) is 11.3 Å². The molecule has 1 aromatic heterocycles. The van der Waals surface area contributed by atoms with Gasteiger partial charge < -0.3 is 14.8 Å². The van der Waals surface area contributed by atoms with E-state index in [2.05, 4.69) is 20.8 Å². The molecule has 0 bridgehead atoms. The molecule has 0 aliphatic rings. The molecule has 0 spiro atoms. The van der Waals surface area contributed by atoms with E-state index >= 15 is 0 Å². The molecular weight excluding hydrogens is 598 g/mol. The monoisotopic (exact) mass is 620 g/mol. The first kappa shape index (κ1) is 29.1. The molecule has 7 nitrogen and oxygen atoms in total. The lowest BCUT2D eigenvalue weighted by Gasteiger charge is -2.13. The number of amides is 1. The summed E-state index contributed by atoms with van der Waals surface area (Å²) in [6.07, 6.45) is 1.45. The lowest BCUT2D eigenvalue weighted by molar-refractivity contribution is 0.0955. The van der Waals surface area contributed by atoms with Gasteiger partial charge in [-0.05, 0) is 71.8 Å². The van der Waals surface area contributed by atoms with E-state index in [4.69, 9.17) is 32.7 Å². The maximum atomic E-state index is 13.1. The van der Waals surface area contributed by atoms with Gasteiger partial charge in [0.15, 0.2) is 16.6 Å². The van der Waals surface area contributed by atoms with E-state index in [1.165, 1.54) is 36.8 Å². The van der Waals surface area contributed by atoms with Gasteiger partial charge in [0.1, 0.15) is 12.4 Å². The van der Waals surface area contributed by atoms with Crippen molar-refractivity contribution in [1.82, 2.24) is 10.4 Å². The quantitative estimate of drug-likeness (QED) is 0.121. The van der Waals surface area contributed by atoms with Gasteiger partial charge in [-0.1, -0.05) is 47.5 Å². The minimum Gasteiger partial charge on any atom is -0.493 e. The normalized spacial score (nSPS) is 11.0. The number of carbonyl (C=O) groups excluding carboxylic acids is 1. The van der Waals surface area contributed by atoms with Crippen molar-refractivity contribution in [2.45, 2.75) is 6.61 Å². The Hall–Kier alpha value is -4.44. The molecule has 5 aromatic rings. The average molecular weight is 622 g/mol. The van der Waals surface area contributed by atoms with Crippen molar-refractivity contribution in [2.24, 2.45) is 5.10 Å². The average Bonchev–Trinajstić information content (AvgIpc) is 3.47. The van der Waals surface area contributed by atoms with E-state index in [0.29, 0.717) is 32.7 Å². The molecule has 2 N–H and O–H groups in total. The molecule has 0 aliphatic carbocycles. The van der Waals surface area contributed by atoms with Crippen LogP contribution in [0.5, 0.6) is 11.5 Å². The number of rotatable bonds is 10. The van der Waals surface area contributed by atoms with Gasteiger partial charge in [-0.15, -0.1) is 11.3 Å². The molecule has 0 radical (unpaired) electrons. The predicted molar refractivity (Wildman–Crippen MR) is 166 cm³/mol. The van der Waals surface area contributed by atoms with Gasteiger partial charge in [-0.2, -0.15) is 5.10 Å². The lowest BCUT2D eigenvalue weighted by Crippen LogP contribution is -2.17. The Morgan fingerprint density at radius 2 is 1.76 bits per heavy atom. The van der Waals surface area contributed by atoms with Gasteiger partial charge in [0.25, 0.3) is 5.91 Å². The van der Waals surface area contributed by atoms with Crippen LogP contribution in [0.15, 0.2) is 95.4 Å². The molecule has 0 saturated heterocycles. The van der Waals surface area contributed by atoms with Gasteiger partial charge in [0, 0.05) is 27.2 Å². The van der Waals surface area contributed by atoms with Crippen LogP contribution >= 0.6 is 34.5 Å². The summed E-state index contributed by atoms with van der Waals surface area (Å²) in [6.45, 7) is 0.183. The van der Waals surface area contributed by atoms with Crippen LogP contribution < -0.4 is 20.2 Å². The Morgan fingerprint density at radius 1 is 1.02 bits per heavy atom. The molecule has 0 saturated carbocycles. The molecule has 0 fully saturated rings. The molecule has 0 unspecified atom stereocenters. The molecule has 42 heavy (non-hydrogen) atoms. The number of hydrazone groups is 1. The number of hydrogen-bond acceptors (Lipinski definition) is 7. The molecule has 5 rings (SSSR count). The third-order valence-corrected chi connectivity index (χ3v) is 7.26. The second-order valence-corrected chi connectivity index (χ2v) is 10.6. The maximum absolute atomic E-state index is 13.1. The Balaban J connectivity index is 1.18. The highest BCUT2D eigenvalue weighted by atomic mass is 35.5. The molecular formula is C31H23Cl2FN4O3S. The highest BCUT2D eigenvalue weighted by molar-refractivity contribution is 7.14. The molecule has 11 heteroatoms. The van der Waals surface area contributed by atoms with Gasteiger partial charge in [-0.25, -0.2) is 14.8 Å². The van der Waals surface area contributed by atoms with Crippen LogP contribution in [0, 0.1) is 5.82 Å². The number of methoxy groups -OCH3 is 1. The summed E-state index contributed by atoms with van der Waals surface area (Å²) in [4.78, 5) is 17.3. The number of nitrogens with one attached hydrogen (secondary N) is 2. The summed E-state index contributed by atoms with van der Waals surface area (Å²) in [5.74, 6) is 0.0356. The standard InChI is InChI=1S/C31H23Cl2FN4O3S/c1-40-28-15-20(14-26(33)29(28)41-17-19-2-10-24(34)11-3-19)16-35-38-30(39)22-6-4-21(5-7-22)27-18-42-31(37-27)36-25-12-8-23(32)9-13-25/h2-16,18H,17H2,1H3,(H,36,37)(H,38,39)/b35-16-. The third-order valence-electron chi connectivity index (χ3n) is 5.97. The summed E-state index contributed by atoms with van der Waals surface area (Å²) < 4.78 is 24.4. The number of nitrogens with zero attached hydrogens (tertiary/aromatic N) is 2. The zero-order chi connectivity index (χ0) is 29.5. The van der Waals surface area contributed by atoms with E-state index in [0.717, 1.165) is 27.6 Å². The number of halogens is 3. The second-order valence-electron chi connectivity index (χ2n) is 8.90. The Kier molecular flexibility index (Phi) is 9.33. The van der Waals surface area contributed by atoms with E-state index in [-0.39, 0.29) is 18.3 Å². The molecule has 0 atom stereocenters. The van der Waals surface area contributed by atoms with Crippen LogP contribution in [-0.4, -0.2) is 24.2 Å². The van der Waals surface area contributed by atoms with Crippen molar-refractivity contribution in [1.29, 1.82) is 0 Å². The first-order valence-electron chi connectivity index (χ1n) is 12.5. The first-order valence-corrected chi connectivity index (χ1v) is 14.2. The number of ether oxygens (including phenoxy) is 2. The molecule has 0 aliphatic heterocycles. The summed E-state index contributed by atoms with van der Waals surface area (Å²) in [5.41, 5.74) is 6.87. The first-order chi connectivity index (χ1) is 20.4. The molecule has 4 aromatic carbocycles. The third kappa shape index (κ3) is 7.44. The van der Waals surface area contributed by atoms with Crippen LogP contribution in [0.2, 0.25) is 10.0 Å². The predicted octanol–water partition coefficient (Wildman–Crippen LogP) is 8.35. The molecule has 1 heterocycles. The van der Waals surface area contributed by atoms with Crippen molar-refractivity contribution in [3.8, 4) is 22.8 Å². The minimum absolute atomic E-state index is 0.183. The van der Waals surface area contributed by atoms with Crippen molar-refractivity contribution >= 4 is 57.5 Å². The largest absolute Gasteiger partial charge is 0.493 e. The number of thiazole rings is 1. The number of hydrogen-bond donors (Lipinski definition) is 2. The van der Waals surface area contributed by atoms with E-state index in [1.807, 2.05) is 41.8 Å². The number of benzene rings is 4. The minimum atomic E-state index is -0.376. The topological polar surface area (TPSA) is 84.8 Å². The second kappa shape index (κ2) is 13.5. The van der Waals surface area contributed by atoms with Gasteiger partial charge in [0.05, 0.1) is 24.0 Å². The number of carbonyl (C=O) groups is 1. The van der Waals surface area contributed by atoms with Crippen LogP contribution in [0.3, 0.4) is 0 Å².